The number of hydrogen-bond acceptors (Lipinski definition) is 4. The fourth-order valence-corrected chi connectivity index (χ4v) is 6.03. The second-order valence-corrected chi connectivity index (χ2v) is 11.9. The van der Waals surface area contributed by atoms with Gasteiger partial charge in [-0.3, -0.25) is 9.59 Å². The van der Waals surface area contributed by atoms with E-state index in [2.05, 4.69) is 4.90 Å². The molecule has 1 saturated heterocycles. The van der Waals surface area contributed by atoms with E-state index < -0.39 is 23.2 Å². The normalized spacial score (nSPS) is 19.9. The van der Waals surface area contributed by atoms with Crippen LogP contribution in [-0.4, -0.2) is 72.7 Å². The molecule has 4 rings (SSSR count). The van der Waals surface area contributed by atoms with Crippen LogP contribution in [0, 0.1) is 11.3 Å². The molecule has 1 heterocycles. The largest absolute Gasteiger partial charge is 0.430 e. The van der Waals surface area contributed by atoms with Crippen molar-refractivity contribution >= 4 is 29.1 Å². The van der Waals surface area contributed by atoms with Crippen LogP contribution < -0.4 is 4.90 Å². The van der Waals surface area contributed by atoms with Crippen LogP contribution in [0.3, 0.4) is 0 Å². The maximum atomic E-state index is 13.9. The number of nitrogens with zero attached hydrogens (tertiary/aromatic N) is 3. The van der Waals surface area contributed by atoms with E-state index >= 15 is 0 Å². The lowest BCUT2D eigenvalue weighted by Gasteiger charge is -2.35. The van der Waals surface area contributed by atoms with Crippen molar-refractivity contribution in [3.63, 3.8) is 0 Å². The molecule has 2 amide bonds. The molecule has 2 fully saturated rings. The zero-order valence-corrected chi connectivity index (χ0v) is 24.1. The minimum atomic E-state index is -5.15. The zero-order chi connectivity index (χ0) is 29.5. The molecule has 1 saturated carbocycles. The second-order valence-electron chi connectivity index (χ2n) is 11.5. The van der Waals surface area contributed by atoms with E-state index in [0.717, 1.165) is 55.1 Å². The number of anilines is 1. The number of carbonyl (C=O) groups excluding carboxylic acids is 2. The second kappa shape index (κ2) is 11.2. The zero-order valence-electron chi connectivity index (χ0n) is 23.3. The van der Waals surface area contributed by atoms with Gasteiger partial charge >= 0.3 is 6.18 Å². The number of hydrogen-bond donors (Lipinski definition) is 1. The van der Waals surface area contributed by atoms with Crippen molar-refractivity contribution in [2.75, 3.05) is 38.6 Å². The van der Waals surface area contributed by atoms with E-state index in [-0.39, 0.29) is 23.9 Å². The van der Waals surface area contributed by atoms with Crippen molar-refractivity contribution in [3.05, 3.63) is 64.7 Å². The first-order valence-electron chi connectivity index (χ1n) is 13.6. The number of aliphatic hydroxyl groups is 1. The molecular formula is C30H37ClF3N3O3. The molecule has 6 nitrogen and oxygen atoms in total. The Bertz CT molecular complexity index is 1230. The summed E-state index contributed by atoms with van der Waals surface area (Å²) in [7, 11) is 3.07. The molecule has 0 aromatic heterocycles. The van der Waals surface area contributed by atoms with Gasteiger partial charge in [-0.1, -0.05) is 41.9 Å². The van der Waals surface area contributed by atoms with Crippen molar-refractivity contribution in [2.45, 2.75) is 57.3 Å². The van der Waals surface area contributed by atoms with Crippen LogP contribution in [0.1, 0.15) is 55.5 Å². The molecule has 2 aliphatic rings. The molecule has 0 bridgehead atoms. The average molecular weight is 580 g/mol. The van der Waals surface area contributed by atoms with Crippen LogP contribution in [0.2, 0.25) is 5.02 Å². The molecule has 1 aliphatic heterocycles. The summed E-state index contributed by atoms with van der Waals surface area (Å²) in [6.45, 7) is 5.64. The first-order chi connectivity index (χ1) is 18.7. The summed E-state index contributed by atoms with van der Waals surface area (Å²) in [4.78, 5) is 30.5. The van der Waals surface area contributed by atoms with Crippen molar-refractivity contribution in [1.29, 1.82) is 0 Å². The fraction of sp³-hybridized carbons (Fsp3) is 0.533. The Hall–Kier alpha value is -2.78. The van der Waals surface area contributed by atoms with E-state index in [0.29, 0.717) is 22.9 Å². The first-order valence-corrected chi connectivity index (χ1v) is 14.0. The summed E-state index contributed by atoms with van der Waals surface area (Å²) in [6, 6.07) is 12.1. The Morgan fingerprint density at radius 3 is 2.27 bits per heavy atom. The van der Waals surface area contributed by atoms with E-state index in [1.165, 1.54) is 25.2 Å². The van der Waals surface area contributed by atoms with E-state index in [9.17, 15) is 27.9 Å². The Balaban J connectivity index is 1.33. The minimum absolute atomic E-state index is 0.0607. The number of carbonyl (C=O) groups is 2. The summed E-state index contributed by atoms with van der Waals surface area (Å²) in [5.74, 6) is -1.17. The van der Waals surface area contributed by atoms with Gasteiger partial charge in [-0.25, -0.2) is 0 Å². The molecule has 0 radical (unpaired) electrons. The van der Waals surface area contributed by atoms with Gasteiger partial charge in [0.15, 0.2) is 0 Å². The summed E-state index contributed by atoms with van der Waals surface area (Å²) < 4.78 is 41.7. The van der Waals surface area contributed by atoms with Gasteiger partial charge in [-0.15, -0.1) is 0 Å². The van der Waals surface area contributed by atoms with Crippen molar-refractivity contribution in [3.8, 4) is 0 Å². The number of amides is 2. The predicted octanol–water partition coefficient (Wildman–Crippen LogP) is 5.73. The monoisotopic (exact) mass is 579 g/mol. The van der Waals surface area contributed by atoms with Crippen LogP contribution in [0.5, 0.6) is 0 Å². The van der Waals surface area contributed by atoms with Crippen LogP contribution in [0.4, 0.5) is 18.9 Å². The molecule has 2 atom stereocenters. The van der Waals surface area contributed by atoms with Crippen molar-refractivity contribution < 1.29 is 27.9 Å². The molecule has 2 aromatic rings. The summed E-state index contributed by atoms with van der Waals surface area (Å²) in [5, 5.41) is 11.0. The lowest BCUT2D eigenvalue weighted by atomic mass is 9.89. The maximum absolute atomic E-state index is 13.9. The smallest absolute Gasteiger partial charge is 0.371 e. The van der Waals surface area contributed by atoms with Gasteiger partial charge in [0.2, 0.25) is 0 Å². The standard InChI is InChI=1S/C30H37ClF3N3O3/c1-20(2)36(4)26(38)24-11-10-23(18-25(24)31)37-16-13-28(14-17-37)19-22(28)12-15-35(3)27(39)29(40,30(32,33)34)21-8-6-5-7-9-21/h5-11,18,20,22,40H,12-17,19H2,1-4H3/t22?,29-/m1/s1. The van der Waals surface area contributed by atoms with Gasteiger partial charge < -0.3 is 19.8 Å². The summed E-state index contributed by atoms with van der Waals surface area (Å²) in [6.07, 6.45) is -1.73. The molecule has 1 aliphatic carbocycles. The van der Waals surface area contributed by atoms with E-state index in [1.54, 1.807) is 18.0 Å². The van der Waals surface area contributed by atoms with Gasteiger partial charge in [0.1, 0.15) is 0 Å². The highest BCUT2D eigenvalue weighted by molar-refractivity contribution is 6.34. The molecular weight excluding hydrogens is 543 g/mol. The third kappa shape index (κ3) is 5.68. The lowest BCUT2D eigenvalue weighted by molar-refractivity contribution is -0.261. The van der Waals surface area contributed by atoms with Crippen molar-refractivity contribution in [1.82, 2.24) is 9.80 Å². The summed E-state index contributed by atoms with van der Waals surface area (Å²) >= 11 is 6.48. The highest BCUT2D eigenvalue weighted by Gasteiger charge is 2.62. The Morgan fingerprint density at radius 2 is 1.73 bits per heavy atom. The number of benzene rings is 2. The predicted molar refractivity (Wildman–Crippen MR) is 149 cm³/mol. The number of alkyl halides is 3. The molecule has 1 unspecified atom stereocenters. The highest BCUT2D eigenvalue weighted by atomic mass is 35.5. The van der Waals surface area contributed by atoms with Gasteiger partial charge in [-0.2, -0.15) is 13.2 Å². The van der Waals surface area contributed by atoms with Crippen LogP contribution in [0.15, 0.2) is 48.5 Å². The average Bonchev–Trinajstić information content (AvgIpc) is 3.61. The molecule has 1 N–H and O–H groups in total. The number of halogens is 4. The SMILES string of the molecule is CC(C)N(C)C(=O)c1ccc(N2CCC3(CC2)CC3CCN(C)C(=O)[C@](O)(c2ccccc2)C(F)(F)F)cc1Cl. The third-order valence-corrected chi connectivity index (χ3v) is 9.14. The topological polar surface area (TPSA) is 64.1 Å². The van der Waals surface area contributed by atoms with Crippen LogP contribution in [-0.2, 0) is 10.4 Å². The first kappa shape index (κ1) is 30.2. The summed E-state index contributed by atoms with van der Waals surface area (Å²) in [5.41, 5.74) is -2.51. The lowest BCUT2D eigenvalue weighted by Crippen LogP contribution is -2.55. The van der Waals surface area contributed by atoms with Crippen molar-refractivity contribution in [2.24, 2.45) is 11.3 Å². The number of rotatable bonds is 8. The Morgan fingerprint density at radius 1 is 1.10 bits per heavy atom. The molecule has 1 spiro atoms. The Kier molecular flexibility index (Phi) is 8.48. The van der Waals surface area contributed by atoms with Gasteiger partial charge in [0.25, 0.3) is 17.4 Å². The van der Waals surface area contributed by atoms with Crippen LogP contribution in [0.25, 0.3) is 0 Å². The molecule has 40 heavy (non-hydrogen) atoms. The van der Waals surface area contributed by atoms with Crippen LogP contribution >= 0.6 is 11.6 Å². The third-order valence-electron chi connectivity index (χ3n) is 8.83. The van der Waals surface area contributed by atoms with E-state index in [1.807, 2.05) is 26.0 Å². The molecule has 10 heteroatoms. The number of piperidine rings is 1. The fourth-order valence-electron chi connectivity index (χ4n) is 5.78. The number of likely N-dealkylation sites (N-methyl/N-ethyl adjacent to an activating group) is 1. The highest BCUT2D eigenvalue weighted by Crippen LogP contribution is 2.61. The molecule has 2 aromatic carbocycles. The Labute approximate surface area is 238 Å². The van der Waals surface area contributed by atoms with Gasteiger partial charge in [-0.05, 0) is 69.1 Å². The van der Waals surface area contributed by atoms with Gasteiger partial charge in [0, 0.05) is 51.0 Å². The van der Waals surface area contributed by atoms with Gasteiger partial charge in [0.05, 0.1) is 10.6 Å². The molecule has 218 valence electrons. The minimum Gasteiger partial charge on any atom is -0.371 e. The quantitative estimate of drug-likeness (QED) is 0.434. The van der Waals surface area contributed by atoms with E-state index in [4.69, 9.17) is 11.6 Å². The maximum Gasteiger partial charge on any atom is 0.430 e.